The van der Waals surface area contributed by atoms with Crippen molar-refractivity contribution in [1.82, 2.24) is 15.1 Å². The summed E-state index contributed by atoms with van der Waals surface area (Å²) in [6.45, 7) is 5.74. The van der Waals surface area contributed by atoms with E-state index in [-0.39, 0.29) is 5.92 Å². The van der Waals surface area contributed by atoms with Gasteiger partial charge in [-0.05, 0) is 19.4 Å². The number of hydrogen-bond acceptors (Lipinski definition) is 6. The average Bonchev–Trinajstić information content (AvgIpc) is 3.21. The molecule has 1 saturated heterocycles. The quantitative estimate of drug-likeness (QED) is 0.897. The summed E-state index contributed by atoms with van der Waals surface area (Å²) in [5, 5.41) is 27.1. The number of nitriles is 2. The number of morpholine rings is 1. The molecule has 0 saturated carbocycles. The van der Waals surface area contributed by atoms with Gasteiger partial charge in [-0.15, -0.1) is 11.3 Å². The molecule has 0 aromatic carbocycles. The molecule has 0 radical (unpaired) electrons. The fourth-order valence-corrected chi connectivity index (χ4v) is 4.90. The Morgan fingerprint density at radius 3 is 2.92 bits per heavy atom. The van der Waals surface area contributed by atoms with E-state index in [1.54, 1.807) is 11.3 Å². The Bertz CT molecular complexity index is 997. The van der Waals surface area contributed by atoms with E-state index in [0.29, 0.717) is 30.9 Å². The number of allylic oxidation sites excluding steroid dienone is 3. The zero-order valence-electron chi connectivity index (χ0n) is 14.1. The number of ether oxygens (including phenoxy) is 1. The van der Waals surface area contributed by atoms with Crippen LogP contribution in [0.5, 0.6) is 0 Å². The van der Waals surface area contributed by atoms with E-state index in [0.717, 1.165) is 38.6 Å². The molecule has 0 aliphatic carbocycles. The van der Waals surface area contributed by atoms with Crippen LogP contribution in [0.15, 0.2) is 28.6 Å². The molecular weight excluding hydrogens is 334 g/mol. The molecule has 0 amide bonds. The molecule has 4 rings (SSSR count). The molecule has 4 heterocycles. The predicted octanol–water partition coefficient (Wildman–Crippen LogP) is 3.19. The van der Waals surface area contributed by atoms with Crippen LogP contribution in [-0.2, 0) is 11.2 Å². The first-order valence-corrected chi connectivity index (χ1v) is 9.07. The number of aromatic amines is 1. The fourth-order valence-electron chi connectivity index (χ4n) is 3.61. The summed E-state index contributed by atoms with van der Waals surface area (Å²) in [5.74, 6) is -0.327. The Morgan fingerprint density at radius 2 is 2.20 bits per heavy atom. The first-order chi connectivity index (χ1) is 12.2. The molecule has 7 heteroatoms. The van der Waals surface area contributed by atoms with Crippen LogP contribution >= 0.6 is 11.3 Å². The highest BCUT2D eigenvalue weighted by Gasteiger charge is 2.37. The Balaban J connectivity index is 1.91. The topological polar surface area (TPSA) is 88.7 Å². The van der Waals surface area contributed by atoms with Gasteiger partial charge in [0.15, 0.2) is 0 Å². The molecule has 1 atom stereocenters. The maximum absolute atomic E-state index is 9.85. The molecule has 0 bridgehead atoms. The number of thiophene rings is 1. The van der Waals surface area contributed by atoms with Crippen LogP contribution in [0.25, 0.3) is 10.2 Å². The van der Waals surface area contributed by atoms with Crippen LogP contribution in [0.4, 0.5) is 0 Å². The maximum Gasteiger partial charge on any atom is 0.103 e. The number of fused-ring (bicyclic) bond motifs is 2. The number of aryl methyl sites for hydroxylation is 1. The third-order valence-corrected chi connectivity index (χ3v) is 6.15. The lowest BCUT2D eigenvalue weighted by atomic mass is 9.84. The molecule has 1 fully saturated rings. The van der Waals surface area contributed by atoms with Crippen LogP contribution in [0, 0.1) is 22.7 Å². The number of H-pyrrole nitrogens is 1. The van der Waals surface area contributed by atoms with E-state index >= 15 is 0 Å². The molecule has 126 valence electrons. The molecule has 2 aliphatic rings. The zero-order valence-corrected chi connectivity index (χ0v) is 14.9. The van der Waals surface area contributed by atoms with Gasteiger partial charge in [-0.2, -0.15) is 15.6 Å². The SMILES string of the molecule is CCc1[nH]nc2cc(C3C(C#N)=C(C)N4CCOCC4=C3C#N)sc12. The van der Waals surface area contributed by atoms with Gasteiger partial charge in [0.1, 0.15) is 5.52 Å². The Labute approximate surface area is 149 Å². The average molecular weight is 351 g/mol. The van der Waals surface area contributed by atoms with Gasteiger partial charge in [0.05, 0.1) is 58.5 Å². The van der Waals surface area contributed by atoms with Crippen molar-refractivity contribution in [2.75, 3.05) is 19.8 Å². The minimum absolute atomic E-state index is 0.327. The van der Waals surface area contributed by atoms with Gasteiger partial charge in [-0.25, -0.2) is 0 Å². The summed E-state index contributed by atoms with van der Waals surface area (Å²) in [7, 11) is 0. The molecule has 2 aromatic heterocycles. The second-order valence-corrected chi connectivity index (χ2v) is 7.22. The van der Waals surface area contributed by atoms with Crippen molar-refractivity contribution in [3.8, 4) is 12.1 Å². The minimum atomic E-state index is -0.327. The molecule has 1 N–H and O–H groups in total. The number of nitrogens with zero attached hydrogens (tertiary/aromatic N) is 4. The van der Waals surface area contributed by atoms with Gasteiger partial charge in [0.2, 0.25) is 0 Å². The van der Waals surface area contributed by atoms with E-state index < -0.39 is 0 Å². The highest BCUT2D eigenvalue weighted by molar-refractivity contribution is 7.19. The molecule has 1 unspecified atom stereocenters. The lowest BCUT2D eigenvalue weighted by Crippen LogP contribution is -2.38. The molecule has 0 spiro atoms. The molecule has 25 heavy (non-hydrogen) atoms. The summed E-state index contributed by atoms with van der Waals surface area (Å²) < 4.78 is 6.69. The maximum atomic E-state index is 9.85. The van der Waals surface area contributed by atoms with Crippen molar-refractivity contribution >= 4 is 21.6 Å². The van der Waals surface area contributed by atoms with Gasteiger partial charge in [-0.1, -0.05) is 6.92 Å². The van der Waals surface area contributed by atoms with Crippen LogP contribution in [-0.4, -0.2) is 34.9 Å². The standard InChI is InChI=1S/C18H17N5OS/c1-3-13-18-14(22-21-13)6-16(25-18)17-11(7-19)10(2)23-4-5-24-9-15(23)12(17)8-20/h6,17H,3-5,9H2,1-2H3,(H,21,22). The van der Waals surface area contributed by atoms with Gasteiger partial charge >= 0.3 is 0 Å². The van der Waals surface area contributed by atoms with Crippen molar-refractivity contribution in [3.63, 3.8) is 0 Å². The first-order valence-electron chi connectivity index (χ1n) is 8.25. The second-order valence-electron chi connectivity index (χ2n) is 6.14. The summed E-state index contributed by atoms with van der Waals surface area (Å²) >= 11 is 1.62. The normalized spacial score (nSPS) is 20.6. The highest BCUT2D eigenvalue weighted by Crippen LogP contribution is 2.45. The molecule has 6 nitrogen and oxygen atoms in total. The number of hydrogen-bond donors (Lipinski definition) is 1. The van der Waals surface area contributed by atoms with Crippen molar-refractivity contribution in [1.29, 1.82) is 10.5 Å². The number of nitrogens with one attached hydrogen (secondary N) is 1. The van der Waals surface area contributed by atoms with Crippen LogP contribution in [0.2, 0.25) is 0 Å². The van der Waals surface area contributed by atoms with Gasteiger partial charge in [0, 0.05) is 17.1 Å². The van der Waals surface area contributed by atoms with E-state index in [9.17, 15) is 10.5 Å². The van der Waals surface area contributed by atoms with Crippen LogP contribution in [0.1, 0.15) is 30.3 Å². The third-order valence-electron chi connectivity index (χ3n) is 4.90. The summed E-state index contributed by atoms with van der Waals surface area (Å²) in [6, 6.07) is 6.71. The largest absolute Gasteiger partial charge is 0.373 e. The van der Waals surface area contributed by atoms with Crippen molar-refractivity contribution < 1.29 is 4.74 Å². The number of rotatable bonds is 2. The molecule has 2 aromatic rings. The summed E-state index contributed by atoms with van der Waals surface area (Å²) in [4.78, 5) is 3.06. The zero-order chi connectivity index (χ0) is 17.6. The van der Waals surface area contributed by atoms with E-state index in [4.69, 9.17) is 4.74 Å². The van der Waals surface area contributed by atoms with Crippen molar-refractivity contribution in [2.24, 2.45) is 0 Å². The molecular formula is C18H17N5OS. The fraction of sp³-hybridized carbons (Fsp3) is 0.389. The minimum Gasteiger partial charge on any atom is -0.373 e. The van der Waals surface area contributed by atoms with Gasteiger partial charge < -0.3 is 9.64 Å². The number of aromatic nitrogens is 2. The van der Waals surface area contributed by atoms with Crippen molar-refractivity contribution in [3.05, 3.63) is 39.2 Å². The predicted molar refractivity (Wildman–Crippen MR) is 94.6 cm³/mol. The second kappa shape index (κ2) is 6.03. The first kappa shape index (κ1) is 15.9. The van der Waals surface area contributed by atoms with Crippen molar-refractivity contribution in [2.45, 2.75) is 26.2 Å². The third kappa shape index (κ3) is 2.28. The summed E-state index contributed by atoms with van der Waals surface area (Å²) in [5.41, 5.74) is 5.07. The van der Waals surface area contributed by atoms with Gasteiger partial charge in [-0.3, -0.25) is 5.10 Å². The Morgan fingerprint density at radius 1 is 1.40 bits per heavy atom. The van der Waals surface area contributed by atoms with Crippen LogP contribution in [0.3, 0.4) is 0 Å². The lowest BCUT2D eigenvalue weighted by Gasteiger charge is -2.39. The monoisotopic (exact) mass is 351 g/mol. The van der Waals surface area contributed by atoms with E-state index in [1.165, 1.54) is 0 Å². The highest BCUT2D eigenvalue weighted by atomic mass is 32.1. The van der Waals surface area contributed by atoms with E-state index in [2.05, 4.69) is 34.2 Å². The van der Waals surface area contributed by atoms with E-state index in [1.807, 2.05) is 13.0 Å². The molecule has 2 aliphatic heterocycles. The smallest absolute Gasteiger partial charge is 0.103 e. The Kier molecular flexibility index (Phi) is 3.84. The summed E-state index contributed by atoms with van der Waals surface area (Å²) in [6.07, 6.45) is 0.870. The van der Waals surface area contributed by atoms with Crippen LogP contribution < -0.4 is 0 Å². The lowest BCUT2D eigenvalue weighted by molar-refractivity contribution is 0.0836. The Hall–Kier alpha value is -2.61. The van der Waals surface area contributed by atoms with Gasteiger partial charge in [0.25, 0.3) is 0 Å².